The van der Waals surface area contributed by atoms with Gasteiger partial charge in [-0.15, -0.1) is 0 Å². The Bertz CT molecular complexity index is 290. The fraction of sp³-hybridized carbons (Fsp3) is 0.571. The Balaban J connectivity index is 2.64. The second kappa shape index (κ2) is 6.06. The molecule has 1 heterocycles. The van der Waals surface area contributed by atoms with Crippen molar-refractivity contribution in [1.82, 2.24) is 15.0 Å². The summed E-state index contributed by atoms with van der Waals surface area (Å²) in [7, 11) is 0. The molecular formula is C7H16N8. The lowest BCUT2D eigenvalue weighted by molar-refractivity contribution is 0.788. The zero-order valence-electron chi connectivity index (χ0n) is 8.43. The van der Waals surface area contributed by atoms with Crippen molar-refractivity contribution in [3.8, 4) is 0 Å². The van der Waals surface area contributed by atoms with Gasteiger partial charge in [-0.2, -0.15) is 9.97 Å². The number of aromatic nitrogens is 3. The van der Waals surface area contributed by atoms with Gasteiger partial charge >= 0.3 is 0 Å². The lowest BCUT2D eigenvalue weighted by Gasteiger charge is -2.15. The molecule has 0 spiro atoms. The average Bonchev–Trinajstić information content (AvgIpc) is 2.27. The van der Waals surface area contributed by atoms with Crippen molar-refractivity contribution in [3.05, 3.63) is 6.33 Å². The van der Waals surface area contributed by atoms with Crippen molar-refractivity contribution in [1.29, 1.82) is 0 Å². The molecule has 0 radical (unpaired) electrons. The molecule has 1 aromatic rings. The molecule has 0 aliphatic rings. The van der Waals surface area contributed by atoms with Crippen LogP contribution in [0, 0.1) is 0 Å². The Hall–Kier alpha value is -1.51. The van der Waals surface area contributed by atoms with Crippen LogP contribution in [-0.4, -0.2) is 41.1 Å². The Morgan fingerprint density at radius 1 is 1.27 bits per heavy atom. The molecule has 0 aliphatic heterocycles. The Morgan fingerprint density at radius 2 is 2.07 bits per heavy atom. The number of anilines is 2. The van der Waals surface area contributed by atoms with Crippen LogP contribution in [0.5, 0.6) is 0 Å². The summed E-state index contributed by atoms with van der Waals surface area (Å²) in [6.45, 7) is 2.04. The van der Waals surface area contributed by atoms with Crippen LogP contribution in [0.2, 0.25) is 0 Å². The number of nitrogens with two attached hydrogens (primary N) is 3. The van der Waals surface area contributed by atoms with Gasteiger partial charge in [0.25, 0.3) is 0 Å². The lowest BCUT2D eigenvalue weighted by Crippen LogP contribution is -2.37. The van der Waals surface area contributed by atoms with Gasteiger partial charge in [-0.05, 0) is 0 Å². The first-order valence-corrected chi connectivity index (χ1v) is 4.63. The van der Waals surface area contributed by atoms with Crippen molar-refractivity contribution in [3.63, 3.8) is 0 Å². The zero-order valence-corrected chi connectivity index (χ0v) is 8.43. The maximum Gasteiger partial charge on any atom is 0.244 e. The molecule has 0 aliphatic carbocycles. The molecule has 8 nitrogen and oxygen atoms in total. The molecule has 0 aromatic carbocycles. The molecule has 15 heavy (non-hydrogen) atoms. The number of nitrogens with zero attached hydrogens (tertiary/aromatic N) is 4. The van der Waals surface area contributed by atoms with Crippen molar-refractivity contribution in [2.24, 2.45) is 17.3 Å². The normalized spacial score (nSPS) is 10.1. The van der Waals surface area contributed by atoms with Crippen LogP contribution in [0.3, 0.4) is 0 Å². The standard InChI is InChI=1S/C7H16N8/c8-1-3-11-6-12-5-13-7(14-6)15(10)4-2-9/h5H,1-4,8-10H2,(H,11,12,13,14). The van der Waals surface area contributed by atoms with Gasteiger partial charge in [-0.1, -0.05) is 0 Å². The van der Waals surface area contributed by atoms with E-state index in [2.05, 4.69) is 20.3 Å². The predicted octanol–water partition coefficient (Wildman–Crippen LogP) is -2.12. The van der Waals surface area contributed by atoms with Crippen LogP contribution in [0.4, 0.5) is 11.9 Å². The number of hydrazine groups is 1. The van der Waals surface area contributed by atoms with Crippen LogP contribution in [-0.2, 0) is 0 Å². The van der Waals surface area contributed by atoms with Gasteiger partial charge in [-0.25, -0.2) is 10.8 Å². The van der Waals surface area contributed by atoms with Crippen molar-refractivity contribution >= 4 is 11.9 Å². The first-order chi connectivity index (χ1) is 7.27. The number of hydrogen-bond acceptors (Lipinski definition) is 8. The van der Waals surface area contributed by atoms with E-state index in [4.69, 9.17) is 17.3 Å². The van der Waals surface area contributed by atoms with Crippen molar-refractivity contribution in [2.45, 2.75) is 0 Å². The SMILES string of the molecule is NCCNc1ncnc(N(N)CCN)n1. The summed E-state index contributed by atoms with van der Waals surface area (Å²) in [4.78, 5) is 11.9. The molecule has 0 fully saturated rings. The fourth-order valence-corrected chi connectivity index (χ4v) is 0.934. The molecule has 1 aromatic heterocycles. The number of hydrogen-bond donors (Lipinski definition) is 4. The minimum absolute atomic E-state index is 0.384. The van der Waals surface area contributed by atoms with Gasteiger partial charge in [0.05, 0.1) is 0 Å². The van der Waals surface area contributed by atoms with E-state index in [9.17, 15) is 0 Å². The monoisotopic (exact) mass is 212 g/mol. The van der Waals surface area contributed by atoms with E-state index in [1.807, 2.05) is 0 Å². The Morgan fingerprint density at radius 3 is 2.73 bits per heavy atom. The van der Waals surface area contributed by atoms with Crippen molar-refractivity contribution < 1.29 is 0 Å². The zero-order chi connectivity index (χ0) is 11.1. The second-order valence-electron chi connectivity index (χ2n) is 2.81. The first-order valence-electron chi connectivity index (χ1n) is 4.63. The third kappa shape index (κ3) is 3.62. The molecule has 0 atom stereocenters. The summed E-state index contributed by atoms with van der Waals surface area (Å²) >= 11 is 0. The van der Waals surface area contributed by atoms with Gasteiger partial charge in [0, 0.05) is 26.2 Å². The highest BCUT2D eigenvalue weighted by Gasteiger charge is 2.05. The Labute approximate surface area is 87.8 Å². The van der Waals surface area contributed by atoms with E-state index in [-0.39, 0.29) is 0 Å². The van der Waals surface area contributed by atoms with Gasteiger partial charge in [-0.3, -0.25) is 5.01 Å². The van der Waals surface area contributed by atoms with E-state index in [1.165, 1.54) is 11.3 Å². The summed E-state index contributed by atoms with van der Waals surface area (Å²) < 4.78 is 0. The first kappa shape index (κ1) is 11.6. The quantitative estimate of drug-likeness (QED) is 0.311. The molecule has 7 N–H and O–H groups in total. The van der Waals surface area contributed by atoms with Gasteiger partial charge < -0.3 is 16.8 Å². The highest BCUT2D eigenvalue weighted by atomic mass is 15.5. The van der Waals surface area contributed by atoms with E-state index < -0.39 is 0 Å². The smallest absolute Gasteiger partial charge is 0.244 e. The summed E-state index contributed by atoms with van der Waals surface area (Å²) in [5, 5.41) is 4.30. The minimum atomic E-state index is 0.384. The van der Waals surface area contributed by atoms with Crippen LogP contribution in [0.1, 0.15) is 0 Å². The van der Waals surface area contributed by atoms with Gasteiger partial charge in [0.15, 0.2) is 0 Å². The Kier molecular flexibility index (Phi) is 4.68. The predicted molar refractivity (Wildman–Crippen MR) is 58.0 cm³/mol. The molecule has 84 valence electrons. The van der Waals surface area contributed by atoms with E-state index >= 15 is 0 Å². The minimum Gasteiger partial charge on any atom is -0.353 e. The summed E-state index contributed by atoms with van der Waals surface area (Å²) in [5.74, 6) is 6.49. The van der Waals surface area contributed by atoms with E-state index in [0.29, 0.717) is 38.1 Å². The number of nitrogens with one attached hydrogen (secondary N) is 1. The second-order valence-corrected chi connectivity index (χ2v) is 2.81. The maximum absolute atomic E-state index is 5.65. The summed E-state index contributed by atoms with van der Waals surface area (Å²) in [6, 6.07) is 0. The molecule has 1 rings (SSSR count). The molecule has 0 unspecified atom stereocenters. The maximum atomic E-state index is 5.65. The highest BCUT2D eigenvalue weighted by molar-refractivity contribution is 5.33. The largest absolute Gasteiger partial charge is 0.353 e. The van der Waals surface area contributed by atoms with Crippen LogP contribution >= 0.6 is 0 Å². The van der Waals surface area contributed by atoms with Gasteiger partial charge in [0.1, 0.15) is 6.33 Å². The highest BCUT2D eigenvalue weighted by Crippen LogP contribution is 2.03. The summed E-state index contributed by atoms with van der Waals surface area (Å²) in [5.41, 5.74) is 10.7. The third-order valence-electron chi connectivity index (χ3n) is 1.61. The topological polar surface area (TPSA) is 132 Å². The third-order valence-corrected chi connectivity index (χ3v) is 1.61. The van der Waals surface area contributed by atoms with Crippen molar-refractivity contribution in [2.75, 3.05) is 36.5 Å². The average molecular weight is 212 g/mol. The lowest BCUT2D eigenvalue weighted by atomic mass is 10.6. The van der Waals surface area contributed by atoms with Crippen LogP contribution < -0.4 is 27.6 Å². The number of rotatable bonds is 6. The van der Waals surface area contributed by atoms with E-state index in [0.717, 1.165) is 0 Å². The summed E-state index contributed by atoms with van der Waals surface area (Å²) in [6.07, 6.45) is 1.39. The molecular weight excluding hydrogens is 196 g/mol. The van der Waals surface area contributed by atoms with E-state index in [1.54, 1.807) is 0 Å². The van der Waals surface area contributed by atoms with Gasteiger partial charge in [0.2, 0.25) is 11.9 Å². The molecule has 8 heteroatoms. The van der Waals surface area contributed by atoms with Crippen LogP contribution in [0.25, 0.3) is 0 Å². The fourth-order valence-electron chi connectivity index (χ4n) is 0.934. The molecule has 0 saturated carbocycles. The van der Waals surface area contributed by atoms with Crippen LogP contribution in [0.15, 0.2) is 6.33 Å². The molecule has 0 amide bonds. The molecule has 0 bridgehead atoms. The molecule has 0 saturated heterocycles.